The van der Waals surface area contributed by atoms with Gasteiger partial charge in [0.05, 0.1) is 23.9 Å². The number of rotatable bonds is 5. The zero-order valence-electron chi connectivity index (χ0n) is 14.8. The van der Waals surface area contributed by atoms with Crippen molar-refractivity contribution in [3.8, 4) is 5.75 Å². The fourth-order valence-electron chi connectivity index (χ4n) is 3.28. The van der Waals surface area contributed by atoms with Gasteiger partial charge in [0.15, 0.2) is 17.8 Å². The monoisotopic (exact) mass is 395 g/mol. The third-order valence-electron chi connectivity index (χ3n) is 4.55. The largest absolute Gasteiger partial charge is 0.494 e. The first kappa shape index (κ1) is 18.1. The van der Waals surface area contributed by atoms with E-state index in [0.29, 0.717) is 27.5 Å². The minimum absolute atomic E-state index is 0.145. The van der Waals surface area contributed by atoms with E-state index in [4.69, 9.17) is 4.74 Å². The summed E-state index contributed by atoms with van der Waals surface area (Å²) < 4.78 is 21.0. The summed E-state index contributed by atoms with van der Waals surface area (Å²) in [4.78, 5) is 37.6. The highest BCUT2D eigenvalue weighted by Gasteiger charge is 2.22. The first-order valence-corrected chi connectivity index (χ1v) is 9.22. The van der Waals surface area contributed by atoms with Crippen molar-refractivity contribution in [2.45, 2.75) is 6.54 Å². The molecular weight excluding hydrogens is 381 g/mol. The van der Waals surface area contributed by atoms with Gasteiger partial charge in [0.1, 0.15) is 16.1 Å². The Bertz CT molecular complexity index is 1290. The lowest BCUT2D eigenvalue weighted by Gasteiger charge is -2.12. The normalized spacial score (nSPS) is 11.1. The molecule has 0 N–H and O–H groups in total. The minimum atomic E-state index is -0.478. The molecule has 0 saturated heterocycles. The number of carbonyl (C=O) groups is 2. The van der Waals surface area contributed by atoms with Crippen LogP contribution in [0.4, 0.5) is 4.39 Å². The number of aldehydes is 1. The Morgan fingerprint density at radius 2 is 1.96 bits per heavy atom. The number of hydrogen-bond donors (Lipinski definition) is 0. The van der Waals surface area contributed by atoms with Crippen molar-refractivity contribution in [3.63, 3.8) is 0 Å². The van der Waals surface area contributed by atoms with Crippen LogP contribution in [-0.2, 0) is 6.54 Å². The van der Waals surface area contributed by atoms with Crippen molar-refractivity contribution in [1.29, 1.82) is 0 Å². The number of Topliss-reactive ketones (excluding diaryl/α,β-unsaturated/α-hetero) is 1. The highest BCUT2D eigenvalue weighted by molar-refractivity contribution is 7.22. The molecule has 7 heteroatoms. The average molecular weight is 395 g/mol. The van der Waals surface area contributed by atoms with Crippen LogP contribution in [0, 0.1) is 5.82 Å². The van der Waals surface area contributed by atoms with Gasteiger partial charge in [0.25, 0.3) is 5.56 Å². The Morgan fingerprint density at radius 1 is 1.21 bits per heavy atom. The van der Waals surface area contributed by atoms with Crippen LogP contribution in [0.5, 0.6) is 5.75 Å². The summed E-state index contributed by atoms with van der Waals surface area (Å²) in [5.41, 5.74) is 0.430. The second-order valence-corrected chi connectivity index (χ2v) is 7.22. The summed E-state index contributed by atoms with van der Waals surface area (Å²) in [6.07, 6.45) is 0.605. The summed E-state index contributed by atoms with van der Waals surface area (Å²) in [5, 5.41) is 0.625. The molecule has 2 heterocycles. The Balaban J connectivity index is 2.04. The maximum absolute atomic E-state index is 13.9. The molecule has 140 valence electrons. The van der Waals surface area contributed by atoms with Crippen LogP contribution >= 0.6 is 11.3 Å². The third kappa shape index (κ3) is 2.80. The molecule has 0 bridgehead atoms. The van der Waals surface area contributed by atoms with Crippen molar-refractivity contribution in [3.05, 3.63) is 75.1 Å². The van der Waals surface area contributed by atoms with Crippen LogP contribution in [0.15, 0.2) is 53.3 Å². The van der Waals surface area contributed by atoms with Gasteiger partial charge in [-0.25, -0.2) is 4.39 Å². The molecule has 0 aliphatic rings. The Morgan fingerprint density at radius 3 is 2.64 bits per heavy atom. The van der Waals surface area contributed by atoms with Gasteiger partial charge in [0, 0.05) is 10.9 Å². The first-order chi connectivity index (χ1) is 13.5. The zero-order valence-corrected chi connectivity index (χ0v) is 15.6. The van der Waals surface area contributed by atoms with Gasteiger partial charge in [-0.05, 0) is 18.2 Å². The van der Waals surface area contributed by atoms with E-state index >= 15 is 0 Å². The van der Waals surface area contributed by atoms with Crippen molar-refractivity contribution in [1.82, 2.24) is 4.57 Å². The molecule has 5 nitrogen and oxygen atoms in total. The molecule has 0 radical (unpaired) electrons. The summed E-state index contributed by atoms with van der Waals surface area (Å²) >= 11 is 1.07. The number of carbonyl (C=O) groups excluding carboxylic acids is 2. The number of ether oxygens (including phenoxy) is 1. The Labute approximate surface area is 162 Å². The molecule has 0 fully saturated rings. The lowest BCUT2D eigenvalue weighted by atomic mass is 10.1. The second-order valence-electron chi connectivity index (χ2n) is 6.16. The minimum Gasteiger partial charge on any atom is -0.494 e. The van der Waals surface area contributed by atoms with Gasteiger partial charge in [-0.15, -0.1) is 11.3 Å². The summed E-state index contributed by atoms with van der Waals surface area (Å²) in [6.45, 7) is -0.212. The molecule has 0 aliphatic carbocycles. The zero-order chi connectivity index (χ0) is 19.8. The Kier molecular flexibility index (Phi) is 4.52. The summed E-state index contributed by atoms with van der Waals surface area (Å²) in [7, 11) is 1.36. The van der Waals surface area contributed by atoms with E-state index in [1.165, 1.54) is 29.9 Å². The number of ketones is 1. The highest BCUT2D eigenvalue weighted by Crippen LogP contribution is 2.38. The number of hydrogen-bond acceptors (Lipinski definition) is 5. The molecule has 28 heavy (non-hydrogen) atoms. The summed E-state index contributed by atoms with van der Waals surface area (Å²) in [6, 6.07) is 12.6. The van der Waals surface area contributed by atoms with Gasteiger partial charge in [-0.1, -0.05) is 30.3 Å². The summed E-state index contributed by atoms with van der Waals surface area (Å²) in [5.74, 6) is -0.585. The molecule has 0 amide bonds. The van der Waals surface area contributed by atoms with Gasteiger partial charge >= 0.3 is 0 Å². The second kappa shape index (κ2) is 7.01. The van der Waals surface area contributed by atoms with Crippen molar-refractivity contribution >= 4 is 44.4 Å². The molecule has 0 spiro atoms. The molecule has 0 saturated carbocycles. The van der Waals surface area contributed by atoms with Gasteiger partial charge in [-0.2, -0.15) is 0 Å². The van der Waals surface area contributed by atoms with E-state index in [2.05, 4.69) is 0 Å². The van der Waals surface area contributed by atoms with E-state index < -0.39 is 11.4 Å². The molecule has 2 aromatic heterocycles. The standard InChI is InChI=1S/C21H14FNO4S/c1-27-19-17(11-24)28-20-14-9-13(22)7-8-15(14)23(21(26)18(19)20)10-16(25)12-5-3-2-4-6-12/h2-9,11H,10H2,1H3. The van der Waals surface area contributed by atoms with Gasteiger partial charge in [0.2, 0.25) is 0 Å². The molecular formula is C21H14FNO4S. The van der Waals surface area contributed by atoms with E-state index in [9.17, 15) is 18.8 Å². The number of aromatic nitrogens is 1. The highest BCUT2D eigenvalue weighted by atomic mass is 32.1. The molecule has 4 aromatic rings. The quantitative estimate of drug-likeness (QED) is 0.378. The molecule has 0 aliphatic heterocycles. The van der Waals surface area contributed by atoms with Crippen molar-refractivity contribution < 1.29 is 18.7 Å². The van der Waals surface area contributed by atoms with Crippen LogP contribution < -0.4 is 10.3 Å². The SMILES string of the molecule is COc1c(C=O)sc2c1c(=O)n(CC(=O)c1ccccc1)c1ccc(F)cc21. The maximum Gasteiger partial charge on any atom is 0.264 e. The van der Waals surface area contributed by atoms with Crippen LogP contribution in [-0.4, -0.2) is 23.7 Å². The van der Waals surface area contributed by atoms with Crippen LogP contribution in [0.2, 0.25) is 0 Å². The topological polar surface area (TPSA) is 65.4 Å². The number of fused-ring (bicyclic) bond motifs is 3. The van der Waals surface area contributed by atoms with E-state index in [1.54, 1.807) is 30.3 Å². The third-order valence-corrected chi connectivity index (χ3v) is 5.68. The van der Waals surface area contributed by atoms with Crippen molar-refractivity contribution in [2.75, 3.05) is 7.11 Å². The van der Waals surface area contributed by atoms with E-state index in [-0.39, 0.29) is 28.3 Å². The number of pyridine rings is 1. The number of nitrogens with zero attached hydrogens (tertiary/aromatic N) is 1. The van der Waals surface area contributed by atoms with Gasteiger partial charge < -0.3 is 4.74 Å². The Hall–Kier alpha value is -3.32. The number of halogens is 1. The van der Waals surface area contributed by atoms with Crippen LogP contribution in [0.25, 0.3) is 21.0 Å². The number of methoxy groups -OCH3 is 1. The van der Waals surface area contributed by atoms with Crippen LogP contribution in [0.1, 0.15) is 20.0 Å². The average Bonchev–Trinajstić information content (AvgIpc) is 3.10. The number of thiophene rings is 1. The lowest BCUT2D eigenvalue weighted by molar-refractivity contribution is 0.0972. The first-order valence-electron chi connectivity index (χ1n) is 8.41. The molecule has 0 unspecified atom stereocenters. The van der Waals surface area contributed by atoms with Gasteiger partial charge in [-0.3, -0.25) is 19.0 Å². The maximum atomic E-state index is 13.9. The van der Waals surface area contributed by atoms with Crippen LogP contribution in [0.3, 0.4) is 0 Å². The smallest absolute Gasteiger partial charge is 0.264 e. The predicted octanol–water partition coefficient (Wildman–Crippen LogP) is 4.06. The number of benzene rings is 2. The molecule has 2 aromatic carbocycles. The predicted molar refractivity (Wildman–Crippen MR) is 106 cm³/mol. The van der Waals surface area contributed by atoms with E-state index in [1.807, 2.05) is 0 Å². The lowest BCUT2D eigenvalue weighted by Crippen LogP contribution is -2.25. The van der Waals surface area contributed by atoms with Crippen molar-refractivity contribution in [2.24, 2.45) is 0 Å². The van der Waals surface area contributed by atoms with E-state index in [0.717, 1.165) is 11.3 Å². The molecule has 4 rings (SSSR count). The molecule has 0 atom stereocenters. The fraction of sp³-hybridized carbons (Fsp3) is 0.0952. The fourth-order valence-corrected chi connectivity index (χ4v) is 4.39.